The molecule has 1 N–H and O–H groups in total. The Morgan fingerprint density at radius 1 is 0.966 bits per heavy atom. The van der Waals surface area contributed by atoms with E-state index in [1.165, 1.54) is 17.7 Å². The molecular weight excluding hydrogens is 367 g/mol. The SMILES string of the molecule is CN(C)CCc1ccc(NC(=O)c2cccc(OCc3ccc(F)cc3)c2)cc1. The molecule has 0 atom stereocenters. The highest BCUT2D eigenvalue weighted by molar-refractivity contribution is 6.04. The van der Waals surface area contributed by atoms with E-state index in [1.807, 2.05) is 38.4 Å². The lowest BCUT2D eigenvalue weighted by atomic mass is 10.1. The van der Waals surface area contributed by atoms with E-state index in [2.05, 4.69) is 10.2 Å². The number of likely N-dealkylation sites (N-methyl/N-ethyl adjacent to an activating group) is 1. The number of hydrogen-bond donors (Lipinski definition) is 1. The standard InChI is InChI=1S/C24H25FN2O2/c1-27(2)15-14-18-8-12-22(13-9-18)26-24(28)20-4-3-5-23(16-20)29-17-19-6-10-21(25)11-7-19/h3-13,16H,14-15,17H2,1-2H3,(H,26,28). The average Bonchev–Trinajstić information content (AvgIpc) is 2.73. The van der Waals surface area contributed by atoms with Crippen molar-refractivity contribution in [1.29, 1.82) is 0 Å². The highest BCUT2D eigenvalue weighted by Gasteiger charge is 2.08. The van der Waals surface area contributed by atoms with Gasteiger partial charge in [0.15, 0.2) is 0 Å². The molecule has 4 nitrogen and oxygen atoms in total. The summed E-state index contributed by atoms with van der Waals surface area (Å²) in [6, 6.07) is 21.0. The summed E-state index contributed by atoms with van der Waals surface area (Å²) >= 11 is 0. The highest BCUT2D eigenvalue weighted by Crippen LogP contribution is 2.17. The normalized spacial score (nSPS) is 10.8. The molecule has 29 heavy (non-hydrogen) atoms. The maximum atomic E-state index is 13.0. The summed E-state index contributed by atoms with van der Waals surface area (Å²) in [6.07, 6.45) is 0.967. The Morgan fingerprint density at radius 3 is 2.34 bits per heavy atom. The van der Waals surface area contributed by atoms with Crippen molar-refractivity contribution < 1.29 is 13.9 Å². The van der Waals surface area contributed by atoms with Crippen molar-refractivity contribution in [2.24, 2.45) is 0 Å². The first-order valence-corrected chi connectivity index (χ1v) is 9.52. The zero-order valence-corrected chi connectivity index (χ0v) is 16.7. The third-order valence-electron chi connectivity index (χ3n) is 4.47. The van der Waals surface area contributed by atoms with Gasteiger partial charge in [-0.05, 0) is 74.1 Å². The van der Waals surface area contributed by atoms with Crippen LogP contribution in [-0.4, -0.2) is 31.4 Å². The topological polar surface area (TPSA) is 41.6 Å². The molecule has 3 aromatic carbocycles. The van der Waals surface area contributed by atoms with Crippen LogP contribution in [0, 0.1) is 5.82 Å². The number of amides is 1. The van der Waals surface area contributed by atoms with Gasteiger partial charge in [-0.2, -0.15) is 0 Å². The fourth-order valence-corrected chi connectivity index (χ4v) is 2.79. The summed E-state index contributed by atoms with van der Waals surface area (Å²) in [7, 11) is 4.10. The van der Waals surface area contributed by atoms with E-state index in [0.717, 1.165) is 24.2 Å². The van der Waals surface area contributed by atoms with E-state index in [0.29, 0.717) is 17.9 Å². The molecule has 0 heterocycles. The van der Waals surface area contributed by atoms with Crippen LogP contribution in [0.2, 0.25) is 0 Å². The molecule has 0 aliphatic carbocycles. The summed E-state index contributed by atoms with van der Waals surface area (Å²) in [4.78, 5) is 14.7. The molecule has 3 rings (SSSR count). The van der Waals surface area contributed by atoms with E-state index in [9.17, 15) is 9.18 Å². The summed E-state index contributed by atoms with van der Waals surface area (Å²) in [5, 5.41) is 2.91. The van der Waals surface area contributed by atoms with E-state index in [1.54, 1.807) is 36.4 Å². The molecule has 0 radical (unpaired) electrons. The van der Waals surface area contributed by atoms with Gasteiger partial charge in [-0.25, -0.2) is 4.39 Å². The number of carbonyl (C=O) groups is 1. The molecule has 0 saturated carbocycles. The summed E-state index contributed by atoms with van der Waals surface area (Å²) in [5.74, 6) is 0.109. The first kappa shape index (κ1) is 20.6. The molecule has 0 saturated heterocycles. The van der Waals surface area contributed by atoms with Gasteiger partial charge in [-0.3, -0.25) is 4.79 Å². The molecule has 0 unspecified atom stereocenters. The summed E-state index contributed by atoms with van der Waals surface area (Å²) < 4.78 is 18.7. The predicted octanol–water partition coefficient (Wildman–Crippen LogP) is 4.76. The lowest BCUT2D eigenvalue weighted by Crippen LogP contribution is -2.15. The predicted molar refractivity (Wildman–Crippen MR) is 114 cm³/mol. The van der Waals surface area contributed by atoms with E-state index in [-0.39, 0.29) is 11.7 Å². The monoisotopic (exact) mass is 392 g/mol. The smallest absolute Gasteiger partial charge is 0.255 e. The van der Waals surface area contributed by atoms with Gasteiger partial charge >= 0.3 is 0 Å². The molecule has 0 aliphatic rings. The van der Waals surface area contributed by atoms with Crippen molar-refractivity contribution in [2.45, 2.75) is 13.0 Å². The van der Waals surface area contributed by atoms with Crippen LogP contribution >= 0.6 is 0 Å². The van der Waals surface area contributed by atoms with Gasteiger partial charge in [0.05, 0.1) is 0 Å². The van der Waals surface area contributed by atoms with Crippen molar-refractivity contribution in [2.75, 3.05) is 26.0 Å². The first-order valence-electron chi connectivity index (χ1n) is 9.52. The Morgan fingerprint density at radius 2 is 1.66 bits per heavy atom. The van der Waals surface area contributed by atoms with Gasteiger partial charge in [0.2, 0.25) is 0 Å². The zero-order chi connectivity index (χ0) is 20.6. The number of nitrogens with one attached hydrogen (secondary N) is 1. The van der Waals surface area contributed by atoms with Crippen LogP contribution < -0.4 is 10.1 Å². The number of halogens is 1. The van der Waals surface area contributed by atoms with Crippen molar-refractivity contribution in [3.05, 3.63) is 95.3 Å². The van der Waals surface area contributed by atoms with Crippen LogP contribution in [-0.2, 0) is 13.0 Å². The number of carbonyl (C=O) groups excluding carboxylic acids is 1. The Balaban J connectivity index is 1.58. The molecular formula is C24H25FN2O2. The van der Waals surface area contributed by atoms with Gasteiger partial charge in [0.25, 0.3) is 5.91 Å². The molecule has 0 aromatic heterocycles. The molecule has 0 aliphatic heterocycles. The fourth-order valence-electron chi connectivity index (χ4n) is 2.79. The molecule has 5 heteroatoms. The second kappa shape index (κ2) is 9.85. The van der Waals surface area contributed by atoms with E-state index in [4.69, 9.17) is 4.74 Å². The van der Waals surface area contributed by atoms with Crippen LogP contribution in [0.25, 0.3) is 0 Å². The third-order valence-corrected chi connectivity index (χ3v) is 4.47. The number of hydrogen-bond acceptors (Lipinski definition) is 3. The lowest BCUT2D eigenvalue weighted by Gasteiger charge is -2.11. The zero-order valence-electron chi connectivity index (χ0n) is 16.7. The van der Waals surface area contributed by atoms with Crippen molar-refractivity contribution >= 4 is 11.6 Å². The van der Waals surface area contributed by atoms with Gasteiger partial charge in [0.1, 0.15) is 18.2 Å². The number of nitrogens with zero attached hydrogens (tertiary/aromatic N) is 1. The minimum Gasteiger partial charge on any atom is -0.489 e. The second-order valence-electron chi connectivity index (χ2n) is 7.15. The number of anilines is 1. The first-order chi connectivity index (χ1) is 14.0. The quantitative estimate of drug-likeness (QED) is 0.601. The van der Waals surface area contributed by atoms with Gasteiger partial charge in [0, 0.05) is 17.8 Å². The minimum atomic E-state index is -0.279. The maximum Gasteiger partial charge on any atom is 0.255 e. The number of ether oxygens (including phenoxy) is 1. The van der Waals surface area contributed by atoms with Crippen LogP contribution in [0.5, 0.6) is 5.75 Å². The average molecular weight is 392 g/mol. The van der Waals surface area contributed by atoms with Crippen LogP contribution in [0.4, 0.5) is 10.1 Å². The number of benzene rings is 3. The van der Waals surface area contributed by atoms with Crippen LogP contribution in [0.3, 0.4) is 0 Å². The Hall–Kier alpha value is -3.18. The Bertz CT molecular complexity index is 938. The lowest BCUT2D eigenvalue weighted by molar-refractivity contribution is 0.102. The Labute approximate surface area is 170 Å². The maximum absolute atomic E-state index is 13.0. The summed E-state index contributed by atoms with van der Waals surface area (Å²) in [5.41, 5.74) is 3.35. The highest BCUT2D eigenvalue weighted by atomic mass is 19.1. The number of rotatable bonds is 8. The van der Waals surface area contributed by atoms with Crippen molar-refractivity contribution in [3.63, 3.8) is 0 Å². The third kappa shape index (κ3) is 6.43. The largest absolute Gasteiger partial charge is 0.489 e. The second-order valence-corrected chi connectivity index (χ2v) is 7.15. The molecule has 1 amide bonds. The van der Waals surface area contributed by atoms with Crippen LogP contribution in [0.1, 0.15) is 21.5 Å². The minimum absolute atomic E-state index is 0.196. The molecule has 0 spiro atoms. The molecule has 150 valence electrons. The van der Waals surface area contributed by atoms with Gasteiger partial charge < -0.3 is 15.0 Å². The van der Waals surface area contributed by atoms with E-state index < -0.39 is 0 Å². The fraction of sp³-hybridized carbons (Fsp3) is 0.208. The van der Waals surface area contributed by atoms with E-state index >= 15 is 0 Å². The van der Waals surface area contributed by atoms with Crippen LogP contribution in [0.15, 0.2) is 72.8 Å². The van der Waals surface area contributed by atoms with Crippen molar-refractivity contribution in [1.82, 2.24) is 4.90 Å². The van der Waals surface area contributed by atoms with Crippen molar-refractivity contribution in [3.8, 4) is 5.75 Å². The molecule has 3 aromatic rings. The summed E-state index contributed by atoms with van der Waals surface area (Å²) in [6.45, 7) is 1.29. The molecule has 0 bridgehead atoms. The molecule has 0 fully saturated rings. The Kier molecular flexibility index (Phi) is 6.98. The van der Waals surface area contributed by atoms with Gasteiger partial charge in [-0.15, -0.1) is 0 Å². The van der Waals surface area contributed by atoms with Gasteiger partial charge in [-0.1, -0.05) is 30.3 Å².